The lowest BCUT2D eigenvalue weighted by molar-refractivity contribution is -0.139. The highest BCUT2D eigenvalue weighted by Crippen LogP contribution is 2.30. The lowest BCUT2D eigenvalue weighted by Gasteiger charge is -2.34. The van der Waals surface area contributed by atoms with E-state index in [2.05, 4.69) is 35.0 Å². The third-order valence-electron chi connectivity index (χ3n) is 4.04. The van der Waals surface area contributed by atoms with Gasteiger partial charge in [-0.2, -0.15) is 0 Å². The van der Waals surface area contributed by atoms with Crippen molar-refractivity contribution in [1.29, 1.82) is 0 Å². The summed E-state index contributed by atoms with van der Waals surface area (Å²) in [6.07, 6.45) is 0. The third-order valence-corrected chi connectivity index (χ3v) is 4.04. The second-order valence-electron chi connectivity index (χ2n) is 5.63. The van der Waals surface area contributed by atoms with Crippen LogP contribution in [0.3, 0.4) is 0 Å². The molecule has 0 aliphatic carbocycles. The average Bonchev–Trinajstić information content (AvgIpc) is 2.53. The maximum atomic E-state index is 10.6. The fourth-order valence-corrected chi connectivity index (χ4v) is 2.79. The summed E-state index contributed by atoms with van der Waals surface area (Å²) in [6, 6.07) is 12.0. The van der Waals surface area contributed by atoms with Gasteiger partial charge in [0.05, 0.1) is 0 Å². The van der Waals surface area contributed by atoms with Crippen LogP contribution < -0.4 is 9.64 Å². The Bertz CT molecular complexity index is 679. The van der Waals surface area contributed by atoms with Crippen LogP contribution in [0.4, 0.5) is 5.69 Å². The van der Waals surface area contributed by atoms with E-state index in [1.54, 1.807) is 0 Å². The first-order valence-electron chi connectivity index (χ1n) is 7.44. The molecule has 3 rings (SSSR count). The normalized spacial score (nSPS) is 16.0. The van der Waals surface area contributed by atoms with Gasteiger partial charge in [0.25, 0.3) is 0 Å². The molecule has 2 aromatic rings. The lowest BCUT2D eigenvalue weighted by Crippen LogP contribution is -2.44. The first-order chi connectivity index (χ1) is 10.6. The number of likely N-dealkylation sites (N-methyl/N-ethyl adjacent to an activating group) is 1. The van der Waals surface area contributed by atoms with Crippen molar-refractivity contribution in [2.45, 2.75) is 0 Å². The van der Waals surface area contributed by atoms with E-state index in [1.165, 1.54) is 5.69 Å². The van der Waals surface area contributed by atoms with Gasteiger partial charge in [0, 0.05) is 37.3 Å². The van der Waals surface area contributed by atoms with E-state index in [9.17, 15) is 4.79 Å². The molecule has 0 bridgehead atoms. The number of benzene rings is 2. The van der Waals surface area contributed by atoms with Crippen LogP contribution in [-0.2, 0) is 4.79 Å². The van der Waals surface area contributed by atoms with Gasteiger partial charge >= 0.3 is 5.97 Å². The number of ether oxygens (including phenoxy) is 1. The largest absolute Gasteiger partial charge is 0.482 e. The molecule has 5 nitrogen and oxygen atoms in total. The average molecular weight is 300 g/mol. The summed E-state index contributed by atoms with van der Waals surface area (Å²) in [5.41, 5.74) is 1.19. The molecular weight excluding hydrogens is 280 g/mol. The van der Waals surface area contributed by atoms with Gasteiger partial charge in [-0.1, -0.05) is 18.2 Å². The monoisotopic (exact) mass is 300 g/mol. The van der Waals surface area contributed by atoms with Crippen LogP contribution in [0.1, 0.15) is 0 Å². The molecule has 1 aliphatic heterocycles. The number of carboxylic acid groups (broad SMARTS) is 1. The highest BCUT2D eigenvalue weighted by molar-refractivity contribution is 5.95. The molecule has 22 heavy (non-hydrogen) atoms. The van der Waals surface area contributed by atoms with Crippen molar-refractivity contribution in [3.63, 3.8) is 0 Å². The van der Waals surface area contributed by atoms with Crippen LogP contribution >= 0.6 is 0 Å². The van der Waals surface area contributed by atoms with E-state index in [4.69, 9.17) is 9.84 Å². The van der Waals surface area contributed by atoms with E-state index < -0.39 is 5.97 Å². The van der Waals surface area contributed by atoms with E-state index in [0.717, 1.165) is 37.0 Å². The maximum absolute atomic E-state index is 10.6. The Labute approximate surface area is 129 Å². The molecule has 2 aromatic carbocycles. The molecule has 5 heteroatoms. The first-order valence-corrected chi connectivity index (χ1v) is 7.44. The highest BCUT2D eigenvalue weighted by Gasteiger charge is 2.16. The zero-order chi connectivity index (χ0) is 15.5. The number of hydrogen-bond acceptors (Lipinski definition) is 4. The number of piperazine rings is 1. The predicted octanol–water partition coefficient (Wildman–Crippen LogP) is 2.05. The van der Waals surface area contributed by atoms with Crippen molar-refractivity contribution in [1.82, 2.24) is 4.90 Å². The fourth-order valence-electron chi connectivity index (χ4n) is 2.79. The quantitative estimate of drug-likeness (QED) is 0.936. The summed E-state index contributed by atoms with van der Waals surface area (Å²) in [5, 5.41) is 11.0. The van der Waals surface area contributed by atoms with Crippen molar-refractivity contribution >= 4 is 22.4 Å². The van der Waals surface area contributed by atoms with Crippen molar-refractivity contribution in [2.24, 2.45) is 0 Å². The number of carboxylic acids is 1. The van der Waals surface area contributed by atoms with Crippen molar-refractivity contribution in [3.05, 3.63) is 36.4 Å². The molecule has 0 radical (unpaired) electrons. The van der Waals surface area contributed by atoms with Gasteiger partial charge in [-0.15, -0.1) is 0 Å². The number of hydrogen-bond donors (Lipinski definition) is 1. The van der Waals surface area contributed by atoms with E-state index in [1.807, 2.05) is 18.2 Å². The summed E-state index contributed by atoms with van der Waals surface area (Å²) in [7, 11) is 2.14. The van der Waals surface area contributed by atoms with Gasteiger partial charge < -0.3 is 19.6 Å². The fraction of sp³-hybridized carbons (Fsp3) is 0.353. The van der Waals surface area contributed by atoms with E-state index in [0.29, 0.717) is 5.75 Å². The van der Waals surface area contributed by atoms with Gasteiger partial charge in [0.1, 0.15) is 5.75 Å². The van der Waals surface area contributed by atoms with Crippen LogP contribution in [-0.4, -0.2) is 55.8 Å². The molecule has 1 heterocycles. The van der Waals surface area contributed by atoms with Crippen LogP contribution in [0, 0.1) is 0 Å². The summed E-state index contributed by atoms with van der Waals surface area (Å²) in [5.74, 6) is -0.371. The molecule has 0 unspecified atom stereocenters. The summed E-state index contributed by atoms with van der Waals surface area (Å²) >= 11 is 0. The summed E-state index contributed by atoms with van der Waals surface area (Å²) in [4.78, 5) is 15.3. The van der Waals surface area contributed by atoms with Gasteiger partial charge in [-0.25, -0.2) is 4.79 Å². The highest BCUT2D eigenvalue weighted by atomic mass is 16.5. The Morgan fingerprint density at radius 2 is 1.95 bits per heavy atom. The van der Waals surface area contributed by atoms with Crippen LogP contribution in [0.2, 0.25) is 0 Å². The van der Waals surface area contributed by atoms with Crippen molar-refractivity contribution in [2.75, 3.05) is 44.7 Å². The Hall–Kier alpha value is -2.27. The molecule has 0 amide bonds. The van der Waals surface area contributed by atoms with Gasteiger partial charge in [0.2, 0.25) is 0 Å². The molecule has 0 spiro atoms. The smallest absolute Gasteiger partial charge is 0.341 e. The number of carbonyl (C=O) groups is 1. The molecular formula is C17H20N2O3. The van der Waals surface area contributed by atoms with Crippen LogP contribution in [0.15, 0.2) is 36.4 Å². The molecule has 1 fully saturated rings. The summed E-state index contributed by atoms with van der Waals surface area (Å²) in [6.45, 7) is 3.77. The van der Waals surface area contributed by atoms with Gasteiger partial charge in [-0.05, 0) is 30.6 Å². The minimum absolute atomic E-state index is 0.317. The number of fused-ring (bicyclic) bond motifs is 1. The Morgan fingerprint density at radius 3 is 2.68 bits per heavy atom. The van der Waals surface area contributed by atoms with Gasteiger partial charge in [0.15, 0.2) is 6.61 Å². The van der Waals surface area contributed by atoms with E-state index >= 15 is 0 Å². The van der Waals surface area contributed by atoms with Gasteiger partial charge in [-0.3, -0.25) is 0 Å². The molecule has 0 saturated carbocycles. The lowest BCUT2D eigenvalue weighted by atomic mass is 10.1. The number of nitrogens with zero attached hydrogens (tertiary/aromatic N) is 2. The molecule has 116 valence electrons. The second-order valence-corrected chi connectivity index (χ2v) is 5.63. The van der Waals surface area contributed by atoms with Crippen LogP contribution in [0.5, 0.6) is 5.75 Å². The topological polar surface area (TPSA) is 53.0 Å². The van der Waals surface area contributed by atoms with E-state index in [-0.39, 0.29) is 6.61 Å². The molecule has 0 atom stereocenters. The zero-order valence-electron chi connectivity index (χ0n) is 12.7. The second kappa shape index (κ2) is 6.23. The predicted molar refractivity (Wildman–Crippen MR) is 86.8 cm³/mol. The first kappa shape index (κ1) is 14.7. The molecule has 1 aliphatic rings. The zero-order valence-corrected chi connectivity index (χ0v) is 12.7. The molecule has 0 aromatic heterocycles. The Balaban J connectivity index is 1.91. The minimum Gasteiger partial charge on any atom is -0.482 e. The summed E-state index contributed by atoms with van der Waals surface area (Å²) < 4.78 is 5.31. The standard InChI is InChI=1S/C17H20N2O3/c1-18-7-9-19(10-8-18)16-4-2-3-13-5-6-14(11-15(13)16)22-12-17(20)21/h2-6,11H,7-10,12H2,1H3,(H,20,21). The molecule has 1 saturated heterocycles. The number of anilines is 1. The maximum Gasteiger partial charge on any atom is 0.341 e. The Morgan fingerprint density at radius 1 is 1.18 bits per heavy atom. The van der Waals surface area contributed by atoms with Crippen molar-refractivity contribution < 1.29 is 14.6 Å². The number of aliphatic carboxylic acids is 1. The Kier molecular flexibility index (Phi) is 4.15. The van der Waals surface area contributed by atoms with Crippen molar-refractivity contribution in [3.8, 4) is 5.75 Å². The number of rotatable bonds is 4. The third kappa shape index (κ3) is 3.14. The SMILES string of the molecule is CN1CCN(c2cccc3ccc(OCC(=O)O)cc23)CC1. The van der Waals surface area contributed by atoms with Crippen LogP contribution in [0.25, 0.3) is 10.8 Å². The minimum atomic E-state index is -0.965. The molecule has 1 N–H and O–H groups in total.